The molecule has 0 saturated carbocycles. The van der Waals surface area contributed by atoms with Crippen LogP contribution in [0.15, 0.2) is 85.5 Å². The molecule has 0 bridgehead atoms. The first-order valence-electron chi connectivity index (χ1n) is 18.0. The fourth-order valence-electron chi connectivity index (χ4n) is 7.03. The highest BCUT2D eigenvalue weighted by atomic mass is 35.5. The molecule has 11 nitrogen and oxygen atoms in total. The third-order valence-corrected chi connectivity index (χ3v) is 10.2. The van der Waals surface area contributed by atoms with Crippen LogP contribution in [0.25, 0.3) is 22.2 Å². The van der Waals surface area contributed by atoms with Gasteiger partial charge < -0.3 is 29.3 Å². The molecule has 0 unspecified atom stereocenters. The van der Waals surface area contributed by atoms with E-state index in [9.17, 15) is 4.79 Å². The highest BCUT2D eigenvalue weighted by molar-refractivity contribution is 6.36. The zero-order valence-corrected chi connectivity index (χ0v) is 32.6. The SMILES string of the molecule is COc1ccc(CN(Cc2ccc(OC)cc2)c2cc(C)c(C(F)(F)F)c(-c3cc4ncnc5c4c(c3Cl)OCCN5[C@@H](C)c3cncc(NC(C)=O)c3)n2)cc1. The predicted molar refractivity (Wildman–Crippen MR) is 213 cm³/mol. The number of carbonyl (C=O) groups excluding carboxylic acids is 1. The van der Waals surface area contributed by atoms with Crippen molar-refractivity contribution in [3.05, 3.63) is 118 Å². The van der Waals surface area contributed by atoms with Crippen LogP contribution in [0.2, 0.25) is 5.02 Å². The van der Waals surface area contributed by atoms with Crippen LogP contribution < -0.4 is 29.3 Å². The van der Waals surface area contributed by atoms with Crippen molar-refractivity contribution in [1.29, 1.82) is 0 Å². The molecule has 1 aliphatic rings. The Morgan fingerprint density at radius 2 is 1.63 bits per heavy atom. The first-order valence-corrected chi connectivity index (χ1v) is 18.4. The van der Waals surface area contributed by atoms with E-state index in [1.165, 1.54) is 32.3 Å². The molecule has 294 valence electrons. The molecule has 3 aromatic carbocycles. The maximum Gasteiger partial charge on any atom is 0.418 e. The van der Waals surface area contributed by atoms with Crippen molar-refractivity contribution in [3.63, 3.8) is 0 Å². The van der Waals surface area contributed by atoms with Crippen LogP contribution in [0.5, 0.6) is 17.2 Å². The molecule has 0 saturated heterocycles. The van der Waals surface area contributed by atoms with E-state index in [-0.39, 0.29) is 46.1 Å². The van der Waals surface area contributed by atoms with Gasteiger partial charge in [0.2, 0.25) is 5.91 Å². The summed E-state index contributed by atoms with van der Waals surface area (Å²) in [7, 11) is 3.16. The van der Waals surface area contributed by atoms with Gasteiger partial charge >= 0.3 is 6.18 Å². The summed E-state index contributed by atoms with van der Waals surface area (Å²) in [6.45, 7) is 5.92. The van der Waals surface area contributed by atoms with Gasteiger partial charge in [-0.25, -0.2) is 15.0 Å². The minimum atomic E-state index is -4.78. The van der Waals surface area contributed by atoms with Gasteiger partial charge in [-0.05, 0) is 78.6 Å². The van der Waals surface area contributed by atoms with E-state index < -0.39 is 11.7 Å². The molecule has 0 radical (unpaired) electrons. The topological polar surface area (TPSA) is 115 Å². The fraction of sp³-hybridized carbons (Fsp3) is 0.262. The van der Waals surface area contributed by atoms with Gasteiger partial charge in [0, 0.05) is 31.8 Å². The summed E-state index contributed by atoms with van der Waals surface area (Å²) in [4.78, 5) is 33.8. The van der Waals surface area contributed by atoms with Crippen molar-refractivity contribution < 1.29 is 32.2 Å². The average molecular weight is 798 g/mol. The first-order chi connectivity index (χ1) is 27.3. The number of rotatable bonds is 11. The number of aromatic nitrogens is 4. The molecule has 57 heavy (non-hydrogen) atoms. The number of hydrogen-bond donors (Lipinski definition) is 1. The minimum absolute atomic E-state index is 0.0173. The Bertz CT molecular complexity index is 2380. The van der Waals surface area contributed by atoms with Gasteiger partial charge in [-0.3, -0.25) is 9.78 Å². The van der Waals surface area contributed by atoms with Crippen LogP contribution in [0.4, 0.5) is 30.5 Å². The fourth-order valence-corrected chi connectivity index (χ4v) is 7.32. The molecular formula is C42H39ClF3N7O4. The lowest BCUT2D eigenvalue weighted by Crippen LogP contribution is -2.31. The number of aryl methyl sites for hydroxylation is 1. The Balaban J connectivity index is 1.36. The van der Waals surface area contributed by atoms with E-state index in [1.807, 2.05) is 71.3 Å². The highest BCUT2D eigenvalue weighted by Gasteiger charge is 2.39. The van der Waals surface area contributed by atoms with Gasteiger partial charge in [0.1, 0.15) is 36.1 Å². The lowest BCUT2D eigenvalue weighted by atomic mass is 9.98. The van der Waals surface area contributed by atoms with Gasteiger partial charge in [0.25, 0.3) is 0 Å². The van der Waals surface area contributed by atoms with E-state index in [0.717, 1.165) is 16.7 Å². The number of carbonyl (C=O) groups is 1. The zero-order valence-electron chi connectivity index (χ0n) is 31.8. The number of ether oxygens (including phenoxy) is 3. The van der Waals surface area contributed by atoms with Crippen LogP contribution in [-0.4, -0.2) is 53.2 Å². The first kappa shape index (κ1) is 39.1. The summed E-state index contributed by atoms with van der Waals surface area (Å²) in [5.74, 6) is 2.08. The van der Waals surface area contributed by atoms with Crippen LogP contribution >= 0.6 is 11.6 Å². The molecule has 3 aromatic heterocycles. The van der Waals surface area contributed by atoms with E-state index in [4.69, 9.17) is 30.8 Å². The minimum Gasteiger partial charge on any atom is -0.497 e. The standard InChI is InChI=1S/C42H39ClF3N7O4/c1-24-16-35(52(21-27-6-10-31(55-4)11-7-27)22-28-8-12-32(56-5)13-9-28)51-39(37(24)42(44,45)46)33-18-34-36-40(38(33)43)57-15-14-53(41(36)49-23-48-34)25(2)29-17-30(20-47-19-29)50-26(3)54/h6-13,16-20,23,25H,14-15,21-22H2,1-5H3,(H,50,54)/t25-/m0/s1. The smallest absolute Gasteiger partial charge is 0.418 e. The van der Waals surface area contributed by atoms with Crippen molar-refractivity contribution >= 4 is 45.7 Å². The number of nitrogens with one attached hydrogen (secondary N) is 1. The quantitative estimate of drug-likeness (QED) is 0.136. The summed E-state index contributed by atoms with van der Waals surface area (Å²) in [5, 5.41) is 3.16. The van der Waals surface area contributed by atoms with Crippen molar-refractivity contribution in [3.8, 4) is 28.5 Å². The number of alkyl halides is 3. The maximum absolute atomic E-state index is 15.1. The lowest BCUT2D eigenvalue weighted by molar-refractivity contribution is -0.137. The molecule has 1 amide bonds. The number of benzene rings is 3. The zero-order chi connectivity index (χ0) is 40.4. The van der Waals surface area contributed by atoms with Crippen molar-refractivity contribution in [2.75, 3.05) is 42.5 Å². The molecule has 0 aliphatic carbocycles. The molecule has 1 aliphatic heterocycles. The third-order valence-electron chi connectivity index (χ3n) is 9.81. The number of methoxy groups -OCH3 is 2. The molecule has 4 heterocycles. The van der Waals surface area contributed by atoms with Crippen molar-refractivity contribution in [2.24, 2.45) is 0 Å². The number of amides is 1. The van der Waals surface area contributed by atoms with E-state index >= 15 is 13.2 Å². The van der Waals surface area contributed by atoms with Gasteiger partial charge in [-0.1, -0.05) is 35.9 Å². The van der Waals surface area contributed by atoms with E-state index in [0.29, 0.717) is 59.4 Å². The Morgan fingerprint density at radius 3 is 2.23 bits per heavy atom. The lowest BCUT2D eigenvalue weighted by Gasteiger charge is -2.29. The molecule has 0 spiro atoms. The number of anilines is 3. The summed E-state index contributed by atoms with van der Waals surface area (Å²) in [6, 6.07) is 19.4. The number of halogens is 4. The summed E-state index contributed by atoms with van der Waals surface area (Å²) in [6.07, 6.45) is -0.164. The van der Waals surface area contributed by atoms with Crippen LogP contribution in [0.1, 0.15) is 47.7 Å². The number of nitrogens with zero attached hydrogens (tertiary/aromatic N) is 6. The third kappa shape index (κ3) is 8.22. The molecule has 1 atom stereocenters. The second-order valence-electron chi connectivity index (χ2n) is 13.6. The monoisotopic (exact) mass is 797 g/mol. The normalized spacial score (nSPS) is 13.1. The van der Waals surface area contributed by atoms with Gasteiger partial charge in [0.15, 0.2) is 5.75 Å². The second kappa shape index (κ2) is 16.1. The Morgan fingerprint density at radius 1 is 0.982 bits per heavy atom. The Hall–Kier alpha value is -6.15. The highest BCUT2D eigenvalue weighted by Crippen LogP contribution is 2.49. The number of pyridine rings is 2. The van der Waals surface area contributed by atoms with Gasteiger partial charge in [0.05, 0.1) is 65.9 Å². The van der Waals surface area contributed by atoms with Gasteiger partial charge in [-0.2, -0.15) is 13.2 Å². The van der Waals surface area contributed by atoms with Crippen LogP contribution in [-0.2, 0) is 24.1 Å². The molecule has 7 rings (SSSR count). The summed E-state index contributed by atoms with van der Waals surface area (Å²) in [5.41, 5.74) is 2.15. The molecule has 15 heteroatoms. The van der Waals surface area contributed by atoms with Crippen molar-refractivity contribution in [2.45, 2.75) is 46.1 Å². The summed E-state index contributed by atoms with van der Waals surface area (Å²) >= 11 is 7.14. The predicted octanol–water partition coefficient (Wildman–Crippen LogP) is 9.21. The molecular weight excluding hydrogens is 759 g/mol. The molecule has 0 fully saturated rings. The van der Waals surface area contributed by atoms with Crippen molar-refractivity contribution in [1.82, 2.24) is 19.9 Å². The molecule has 6 aromatic rings. The Labute approximate surface area is 332 Å². The number of hydrogen-bond acceptors (Lipinski definition) is 10. The van der Waals surface area contributed by atoms with Gasteiger partial charge in [-0.15, -0.1) is 0 Å². The van der Waals surface area contributed by atoms with Crippen LogP contribution in [0.3, 0.4) is 0 Å². The largest absolute Gasteiger partial charge is 0.497 e. The van der Waals surface area contributed by atoms with E-state index in [1.54, 1.807) is 26.6 Å². The second-order valence-corrected chi connectivity index (χ2v) is 14.0. The van der Waals surface area contributed by atoms with Crippen LogP contribution in [0, 0.1) is 6.92 Å². The average Bonchev–Trinajstić information content (AvgIpc) is 3.39. The maximum atomic E-state index is 15.1. The summed E-state index contributed by atoms with van der Waals surface area (Å²) < 4.78 is 62.3. The Kier molecular flexibility index (Phi) is 11.1. The molecule has 1 N–H and O–H groups in total. The van der Waals surface area contributed by atoms with E-state index in [2.05, 4.69) is 20.3 Å².